The molecule has 1 aliphatic rings. The number of rotatable bonds is 2. The summed E-state index contributed by atoms with van der Waals surface area (Å²) in [5, 5.41) is 0. The largest absolute Gasteiger partial charge is 0.300 e. The summed E-state index contributed by atoms with van der Waals surface area (Å²) < 4.78 is 14.3. The van der Waals surface area contributed by atoms with Crippen LogP contribution >= 0.6 is 15.9 Å². The van der Waals surface area contributed by atoms with Crippen molar-refractivity contribution in [3.05, 3.63) is 63.9 Å². The Hall–Kier alpha value is -2.01. The van der Waals surface area contributed by atoms with E-state index in [9.17, 15) is 14.0 Å². The number of hydrogen-bond acceptors (Lipinski definition) is 2. The molecule has 5 heteroatoms. The lowest BCUT2D eigenvalue weighted by Gasteiger charge is -2.17. The van der Waals surface area contributed by atoms with Gasteiger partial charge in [0.05, 0.1) is 17.8 Å². The van der Waals surface area contributed by atoms with Crippen molar-refractivity contribution in [1.82, 2.24) is 0 Å². The zero-order valence-corrected chi connectivity index (χ0v) is 11.9. The normalized spacial score (nSPS) is 13.8. The van der Waals surface area contributed by atoms with Crippen LogP contribution in [0.25, 0.3) is 0 Å². The molecule has 0 saturated heterocycles. The molecule has 2 aromatic carbocycles. The third-order valence-electron chi connectivity index (χ3n) is 3.24. The van der Waals surface area contributed by atoms with Crippen molar-refractivity contribution >= 4 is 33.3 Å². The van der Waals surface area contributed by atoms with E-state index < -0.39 is 17.5 Å². The summed E-state index contributed by atoms with van der Waals surface area (Å²) in [5.74, 6) is -1.59. The molecule has 0 aliphatic carbocycles. The molecule has 1 heterocycles. The van der Waals surface area contributed by atoms with Crippen molar-refractivity contribution < 1.29 is 14.0 Å². The van der Waals surface area contributed by atoms with Gasteiger partial charge in [-0.25, -0.2) is 4.39 Å². The standard InChI is InChI=1S/C15H9BrFNO2/c16-10-5-3-7-12-13(10)14(19)15(20)18(12)8-9-4-1-2-6-11(9)17/h1-7H,8H2. The van der Waals surface area contributed by atoms with E-state index in [1.54, 1.807) is 36.4 Å². The summed E-state index contributed by atoms with van der Waals surface area (Å²) >= 11 is 3.27. The van der Waals surface area contributed by atoms with Crippen LogP contribution < -0.4 is 4.90 Å². The molecule has 0 unspecified atom stereocenters. The highest BCUT2D eigenvalue weighted by atomic mass is 79.9. The fraction of sp³-hybridized carbons (Fsp3) is 0.0667. The highest BCUT2D eigenvalue weighted by Gasteiger charge is 2.37. The molecule has 0 saturated carbocycles. The second kappa shape index (κ2) is 4.83. The van der Waals surface area contributed by atoms with Crippen molar-refractivity contribution in [1.29, 1.82) is 0 Å². The van der Waals surface area contributed by atoms with Crippen LogP contribution in [0.3, 0.4) is 0 Å². The summed E-state index contributed by atoms with van der Waals surface area (Å²) in [7, 11) is 0. The van der Waals surface area contributed by atoms with Crippen LogP contribution in [-0.4, -0.2) is 11.7 Å². The summed E-state index contributed by atoms with van der Waals surface area (Å²) in [6.45, 7) is 0.0424. The number of fused-ring (bicyclic) bond motifs is 1. The molecule has 100 valence electrons. The molecule has 1 aliphatic heterocycles. The van der Waals surface area contributed by atoms with Crippen LogP contribution in [0, 0.1) is 5.82 Å². The highest BCUT2D eigenvalue weighted by molar-refractivity contribution is 9.10. The van der Waals surface area contributed by atoms with Gasteiger partial charge >= 0.3 is 0 Å². The first-order valence-electron chi connectivity index (χ1n) is 5.97. The molecule has 0 atom stereocenters. The molecular formula is C15H9BrFNO2. The van der Waals surface area contributed by atoms with Gasteiger partial charge in [-0.3, -0.25) is 9.59 Å². The molecule has 3 rings (SSSR count). The Morgan fingerprint density at radius 1 is 1.05 bits per heavy atom. The number of Topliss-reactive ketones (excluding diaryl/α,β-unsaturated/α-hetero) is 1. The van der Waals surface area contributed by atoms with Gasteiger partial charge in [-0.05, 0) is 34.1 Å². The number of carbonyl (C=O) groups is 2. The zero-order valence-electron chi connectivity index (χ0n) is 10.3. The van der Waals surface area contributed by atoms with Gasteiger partial charge in [0.2, 0.25) is 0 Å². The Balaban J connectivity index is 2.04. The molecule has 0 N–H and O–H groups in total. The average Bonchev–Trinajstić information content (AvgIpc) is 2.67. The lowest BCUT2D eigenvalue weighted by molar-refractivity contribution is -0.114. The smallest absolute Gasteiger partial charge is 0.299 e. The summed E-state index contributed by atoms with van der Waals surface area (Å²) in [6.07, 6.45) is 0. The fourth-order valence-corrected chi connectivity index (χ4v) is 2.79. The van der Waals surface area contributed by atoms with Crippen LogP contribution in [0.15, 0.2) is 46.9 Å². The number of halogens is 2. The number of nitrogens with zero attached hydrogens (tertiary/aromatic N) is 1. The van der Waals surface area contributed by atoms with Gasteiger partial charge in [-0.2, -0.15) is 0 Å². The summed E-state index contributed by atoms with van der Waals surface area (Å²) in [4.78, 5) is 25.4. The third-order valence-corrected chi connectivity index (χ3v) is 3.90. The lowest BCUT2D eigenvalue weighted by Crippen LogP contribution is -2.29. The maximum Gasteiger partial charge on any atom is 0.299 e. The minimum absolute atomic E-state index is 0.0424. The number of hydrogen-bond donors (Lipinski definition) is 0. The first kappa shape index (κ1) is 13.0. The predicted molar refractivity (Wildman–Crippen MR) is 76.1 cm³/mol. The molecule has 1 amide bonds. The average molecular weight is 334 g/mol. The van der Waals surface area contributed by atoms with Crippen molar-refractivity contribution in [2.45, 2.75) is 6.54 Å². The fourth-order valence-electron chi connectivity index (χ4n) is 2.26. The van der Waals surface area contributed by atoms with E-state index >= 15 is 0 Å². The quantitative estimate of drug-likeness (QED) is 0.790. The Kier molecular flexibility index (Phi) is 3.14. The molecule has 0 bridgehead atoms. The Labute approximate surface area is 123 Å². The Morgan fingerprint density at radius 3 is 2.55 bits per heavy atom. The number of benzene rings is 2. The second-order valence-electron chi connectivity index (χ2n) is 4.45. The summed E-state index contributed by atoms with van der Waals surface area (Å²) in [6, 6.07) is 11.3. The molecule has 0 fully saturated rings. The first-order valence-corrected chi connectivity index (χ1v) is 6.77. The summed E-state index contributed by atoms with van der Waals surface area (Å²) in [5.41, 5.74) is 1.23. The van der Waals surface area contributed by atoms with Crippen molar-refractivity contribution in [3.8, 4) is 0 Å². The van der Waals surface area contributed by atoms with Crippen LogP contribution in [0.1, 0.15) is 15.9 Å². The Bertz CT molecular complexity index is 730. The van der Waals surface area contributed by atoms with Crippen LogP contribution in [0.5, 0.6) is 0 Å². The van der Waals surface area contributed by atoms with Gasteiger partial charge in [-0.15, -0.1) is 0 Å². The van der Waals surface area contributed by atoms with Gasteiger partial charge in [0, 0.05) is 10.0 Å². The predicted octanol–water partition coefficient (Wildman–Crippen LogP) is 3.32. The first-order chi connectivity index (χ1) is 9.59. The lowest BCUT2D eigenvalue weighted by atomic mass is 10.1. The number of carbonyl (C=O) groups excluding carboxylic acids is 2. The van der Waals surface area contributed by atoms with Crippen molar-refractivity contribution in [2.75, 3.05) is 4.90 Å². The molecule has 0 radical (unpaired) electrons. The van der Waals surface area contributed by atoms with Crippen molar-refractivity contribution in [3.63, 3.8) is 0 Å². The van der Waals surface area contributed by atoms with E-state index in [1.807, 2.05) is 0 Å². The van der Waals surface area contributed by atoms with E-state index in [-0.39, 0.29) is 6.54 Å². The van der Waals surface area contributed by atoms with Gasteiger partial charge in [-0.1, -0.05) is 24.3 Å². The van der Waals surface area contributed by atoms with E-state index in [0.29, 0.717) is 21.3 Å². The van der Waals surface area contributed by atoms with E-state index in [0.717, 1.165) is 0 Å². The third kappa shape index (κ3) is 1.94. The molecular weight excluding hydrogens is 325 g/mol. The molecule has 0 aromatic heterocycles. The minimum Gasteiger partial charge on any atom is -0.300 e. The van der Waals surface area contributed by atoms with E-state index in [4.69, 9.17) is 0 Å². The SMILES string of the molecule is O=C1C(=O)N(Cc2ccccc2F)c2cccc(Br)c21. The molecule has 2 aromatic rings. The Morgan fingerprint density at radius 2 is 1.80 bits per heavy atom. The van der Waals surface area contributed by atoms with E-state index in [1.165, 1.54) is 11.0 Å². The van der Waals surface area contributed by atoms with Crippen LogP contribution in [0.4, 0.5) is 10.1 Å². The number of anilines is 1. The topological polar surface area (TPSA) is 37.4 Å². The maximum atomic E-state index is 13.7. The number of amides is 1. The van der Waals surface area contributed by atoms with Crippen molar-refractivity contribution in [2.24, 2.45) is 0 Å². The molecule has 0 spiro atoms. The highest BCUT2D eigenvalue weighted by Crippen LogP contribution is 2.35. The van der Waals surface area contributed by atoms with Gasteiger partial charge in [0.1, 0.15) is 5.82 Å². The number of ketones is 1. The molecule has 3 nitrogen and oxygen atoms in total. The monoisotopic (exact) mass is 333 g/mol. The van der Waals surface area contributed by atoms with Gasteiger partial charge in [0.15, 0.2) is 0 Å². The second-order valence-corrected chi connectivity index (χ2v) is 5.30. The van der Waals surface area contributed by atoms with Crippen LogP contribution in [0.2, 0.25) is 0 Å². The van der Waals surface area contributed by atoms with Gasteiger partial charge < -0.3 is 4.90 Å². The van der Waals surface area contributed by atoms with Crippen LogP contribution in [-0.2, 0) is 11.3 Å². The maximum absolute atomic E-state index is 13.7. The van der Waals surface area contributed by atoms with E-state index in [2.05, 4.69) is 15.9 Å². The molecule has 20 heavy (non-hydrogen) atoms. The zero-order chi connectivity index (χ0) is 14.3. The minimum atomic E-state index is -0.629. The van der Waals surface area contributed by atoms with Gasteiger partial charge in [0.25, 0.3) is 11.7 Å².